The van der Waals surface area contributed by atoms with Crippen molar-refractivity contribution in [3.05, 3.63) is 71.2 Å². The third-order valence-corrected chi connectivity index (χ3v) is 4.05. The molecule has 0 heterocycles. The fourth-order valence-electron chi connectivity index (χ4n) is 2.59. The van der Waals surface area contributed by atoms with E-state index in [1.54, 1.807) is 0 Å². The first kappa shape index (κ1) is 17.3. The minimum Gasteiger partial charge on any atom is -0.185 e. The molecule has 0 atom stereocenters. The van der Waals surface area contributed by atoms with Crippen LogP contribution in [0, 0.1) is 10.7 Å². The fraction of sp³-hybridized carbons (Fsp3) is 0.316. The van der Waals surface area contributed by atoms with Crippen LogP contribution in [0.1, 0.15) is 39.0 Å². The SMILES string of the molecule is C=C/C=C1\CCCC(/C=C/C)=C1C(=C)CCC(=C)SC#N. The van der Waals surface area contributed by atoms with Crippen LogP contribution >= 0.6 is 11.8 Å². The summed E-state index contributed by atoms with van der Waals surface area (Å²) in [6.45, 7) is 14.0. The predicted octanol–water partition coefficient (Wildman–Crippen LogP) is 6.22. The van der Waals surface area contributed by atoms with Crippen molar-refractivity contribution >= 4 is 11.8 Å². The number of hydrogen-bond donors (Lipinski definition) is 0. The molecule has 0 aromatic heterocycles. The van der Waals surface area contributed by atoms with E-state index in [-0.39, 0.29) is 0 Å². The van der Waals surface area contributed by atoms with Crippen molar-refractivity contribution in [2.24, 2.45) is 0 Å². The highest BCUT2D eigenvalue weighted by molar-refractivity contribution is 8.07. The van der Waals surface area contributed by atoms with Crippen LogP contribution in [0.2, 0.25) is 0 Å². The van der Waals surface area contributed by atoms with Gasteiger partial charge in [0.05, 0.1) is 0 Å². The van der Waals surface area contributed by atoms with Crippen molar-refractivity contribution in [3.63, 3.8) is 0 Å². The summed E-state index contributed by atoms with van der Waals surface area (Å²) in [6.07, 6.45) is 13.2. The van der Waals surface area contributed by atoms with Gasteiger partial charge in [0.25, 0.3) is 0 Å². The molecule has 0 radical (unpaired) electrons. The van der Waals surface area contributed by atoms with Crippen LogP contribution in [0.3, 0.4) is 0 Å². The molecule has 0 aromatic carbocycles. The van der Waals surface area contributed by atoms with Crippen molar-refractivity contribution in [1.82, 2.24) is 0 Å². The van der Waals surface area contributed by atoms with E-state index in [1.807, 2.05) is 13.0 Å². The van der Waals surface area contributed by atoms with Crippen molar-refractivity contribution < 1.29 is 0 Å². The van der Waals surface area contributed by atoms with Crippen LogP contribution in [0.25, 0.3) is 0 Å². The van der Waals surface area contributed by atoms with Crippen LogP contribution in [-0.4, -0.2) is 0 Å². The molecule has 1 rings (SSSR count). The van der Waals surface area contributed by atoms with Gasteiger partial charge in [0.1, 0.15) is 5.40 Å². The van der Waals surface area contributed by atoms with Crippen molar-refractivity contribution in [2.45, 2.75) is 39.0 Å². The molecular formula is C19H23NS. The van der Waals surface area contributed by atoms with Gasteiger partial charge in [-0.15, -0.1) is 0 Å². The van der Waals surface area contributed by atoms with E-state index in [9.17, 15) is 0 Å². The van der Waals surface area contributed by atoms with Gasteiger partial charge < -0.3 is 0 Å². The van der Waals surface area contributed by atoms with Crippen LogP contribution in [0.4, 0.5) is 0 Å². The Morgan fingerprint density at radius 3 is 2.71 bits per heavy atom. The van der Waals surface area contributed by atoms with E-state index < -0.39 is 0 Å². The number of thiocyanates is 1. The maximum atomic E-state index is 8.67. The first-order valence-corrected chi connectivity index (χ1v) is 8.05. The van der Waals surface area contributed by atoms with Crippen LogP contribution in [0.15, 0.2) is 71.2 Å². The second-order valence-corrected chi connectivity index (χ2v) is 5.98. The Bertz CT molecular complexity index is 553. The number of allylic oxidation sites excluding steroid dienone is 9. The average molecular weight is 297 g/mol. The molecular weight excluding hydrogens is 274 g/mol. The monoisotopic (exact) mass is 297 g/mol. The molecule has 1 aliphatic rings. The van der Waals surface area contributed by atoms with Crippen molar-refractivity contribution in [2.75, 3.05) is 0 Å². The lowest BCUT2D eigenvalue weighted by molar-refractivity contribution is 0.773. The predicted molar refractivity (Wildman–Crippen MR) is 94.7 cm³/mol. The van der Waals surface area contributed by atoms with Gasteiger partial charge in [0.2, 0.25) is 0 Å². The fourth-order valence-corrected chi connectivity index (χ4v) is 2.92. The van der Waals surface area contributed by atoms with Crippen molar-refractivity contribution in [1.29, 1.82) is 5.26 Å². The van der Waals surface area contributed by atoms with E-state index >= 15 is 0 Å². The minimum absolute atomic E-state index is 0.797. The quantitative estimate of drug-likeness (QED) is 0.521. The number of nitriles is 1. The van der Waals surface area contributed by atoms with Crippen LogP contribution in [0.5, 0.6) is 0 Å². The maximum Gasteiger partial charge on any atom is 0.138 e. The summed E-state index contributed by atoms with van der Waals surface area (Å²) in [5.41, 5.74) is 5.11. The largest absolute Gasteiger partial charge is 0.185 e. The third kappa shape index (κ3) is 5.28. The lowest BCUT2D eigenvalue weighted by Crippen LogP contribution is -2.05. The molecule has 0 spiro atoms. The molecule has 2 heteroatoms. The van der Waals surface area contributed by atoms with Gasteiger partial charge >= 0.3 is 0 Å². The smallest absolute Gasteiger partial charge is 0.138 e. The molecule has 0 N–H and O–H groups in total. The number of nitrogens with zero attached hydrogens (tertiary/aromatic N) is 1. The Morgan fingerprint density at radius 1 is 1.33 bits per heavy atom. The summed E-state index contributed by atoms with van der Waals surface area (Å²) < 4.78 is 0. The normalized spacial score (nSPS) is 17.0. The van der Waals surface area contributed by atoms with E-state index in [4.69, 9.17) is 5.26 Å². The standard InChI is InChI=1S/C19H23NS/c1-5-8-17-10-7-11-18(9-6-2)19(17)15(3)12-13-16(4)21-14-20/h5-6,8-9H,1,3-4,7,10-13H2,2H3/b9-6+,17-8+. The summed E-state index contributed by atoms with van der Waals surface area (Å²) in [5.74, 6) is 0. The summed E-state index contributed by atoms with van der Waals surface area (Å²) in [5, 5.41) is 10.7. The highest BCUT2D eigenvalue weighted by Gasteiger charge is 2.17. The van der Waals surface area contributed by atoms with Gasteiger partial charge in [0, 0.05) is 0 Å². The van der Waals surface area contributed by atoms with Crippen molar-refractivity contribution in [3.8, 4) is 5.40 Å². The molecule has 0 bridgehead atoms. The molecule has 1 nitrogen and oxygen atoms in total. The molecule has 0 fully saturated rings. The molecule has 21 heavy (non-hydrogen) atoms. The number of hydrogen-bond acceptors (Lipinski definition) is 2. The second kappa shape index (κ2) is 9.26. The lowest BCUT2D eigenvalue weighted by atomic mass is 9.82. The Labute approximate surface area is 133 Å². The molecule has 1 aliphatic carbocycles. The highest BCUT2D eigenvalue weighted by Crippen LogP contribution is 2.37. The Morgan fingerprint density at radius 2 is 2.10 bits per heavy atom. The van der Waals surface area contributed by atoms with Gasteiger partial charge in [-0.25, -0.2) is 0 Å². The highest BCUT2D eigenvalue weighted by atomic mass is 32.2. The van der Waals surface area contributed by atoms with Gasteiger partial charge in [-0.1, -0.05) is 44.0 Å². The van der Waals surface area contributed by atoms with E-state index in [0.29, 0.717) is 0 Å². The number of thioether (sulfide) groups is 1. The summed E-state index contributed by atoms with van der Waals surface area (Å²) in [6, 6.07) is 0. The summed E-state index contributed by atoms with van der Waals surface area (Å²) >= 11 is 1.15. The maximum absolute atomic E-state index is 8.67. The zero-order valence-electron chi connectivity index (χ0n) is 12.8. The first-order chi connectivity index (χ1) is 10.1. The van der Waals surface area contributed by atoms with Crippen LogP contribution < -0.4 is 0 Å². The summed E-state index contributed by atoms with van der Waals surface area (Å²) in [4.78, 5) is 0.900. The zero-order chi connectivity index (χ0) is 15.7. The Hall–Kier alpha value is -1.72. The Kier molecular flexibility index (Phi) is 7.64. The topological polar surface area (TPSA) is 23.8 Å². The average Bonchev–Trinajstić information content (AvgIpc) is 2.46. The molecule has 110 valence electrons. The Balaban J connectivity index is 2.97. The van der Waals surface area contributed by atoms with Gasteiger partial charge in [0.15, 0.2) is 0 Å². The van der Waals surface area contributed by atoms with Gasteiger partial charge in [-0.3, -0.25) is 0 Å². The van der Waals surface area contributed by atoms with Gasteiger partial charge in [-0.2, -0.15) is 5.26 Å². The molecule has 0 aliphatic heterocycles. The van der Waals surface area contributed by atoms with E-state index in [2.05, 4.69) is 43.4 Å². The number of rotatable bonds is 7. The lowest BCUT2D eigenvalue weighted by Gasteiger charge is -2.23. The zero-order valence-corrected chi connectivity index (χ0v) is 13.6. The van der Waals surface area contributed by atoms with E-state index in [0.717, 1.165) is 47.9 Å². The third-order valence-electron chi connectivity index (χ3n) is 3.47. The van der Waals surface area contributed by atoms with Gasteiger partial charge in [-0.05, 0) is 78.0 Å². The molecule has 0 saturated carbocycles. The van der Waals surface area contributed by atoms with E-state index in [1.165, 1.54) is 23.1 Å². The second-order valence-electron chi connectivity index (χ2n) is 5.02. The minimum atomic E-state index is 0.797. The molecule has 0 aromatic rings. The first-order valence-electron chi connectivity index (χ1n) is 7.23. The molecule has 0 saturated heterocycles. The molecule has 0 unspecified atom stereocenters. The molecule has 0 amide bonds. The van der Waals surface area contributed by atoms with Crippen LogP contribution in [-0.2, 0) is 0 Å². The summed E-state index contributed by atoms with van der Waals surface area (Å²) in [7, 11) is 0.